The molecule has 6 nitrogen and oxygen atoms in total. The van der Waals surface area contributed by atoms with Gasteiger partial charge in [0.15, 0.2) is 5.75 Å². The van der Waals surface area contributed by atoms with Crippen LogP contribution in [0.15, 0.2) is 87.4 Å². The standard InChI is InChI=1S/C28H22N2O4/c1-3-16-9-11-23-20(13-16)26-25(28(31)33-23)24(21(15-29)27(30)34-26)18-10-12-22(32-2)19(14-18)17-7-5-4-6-8-17/h4-14,24H,3,30H2,1-2H3. The Morgan fingerprint density at radius 3 is 2.59 bits per heavy atom. The molecule has 6 heteroatoms. The van der Waals surface area contributed by atoms with Crippen LogP contribution in [0.4, 0.5) is 0 Å². The summed E-state index contributed by atoms with van der Waals surface area (Å²) in [5.41, 5.74) is 10.1. The first-order chi connectivity index (χ1) is 16.5. The van der Waals surface area contributed by atoms with Gasteiger partial charge < -0.3 is 19.6 Å². The maximum Gasteiger partial charge on any atom is 0.344 e. The van der Waals surface area contributed by atoms with Crippen molar-refractivity contribution in [3.8, 4) is 28.7 Å². The normalized spacial score (nSPS) is 14.9. The number of nitrogens with two attached hydrogens (primary N) is 1. The molecule has 4 aromatic rings. The fourth-order valence-electron chi connectivity index (χ4n) is 4.47. The minimum absolute atomic E-state index is 0.0223. The first-order valence-corrected chi connectivity index (χ1v) is 11.0. The summed E-state index contributed by atoms with van der Waals surface area (Å²) in [4.78, 5) is 13.2. The average Bonchev–Trinajstić information content (AvgIpc) is 2.88. The van der Waals surface area contributed by atoms with Crippen molar-refractivity contribution in [2.75, 3.05) is 7.11 Å². The fraction of sp³-hybridized carbons (Fsp3) is 0.143. The van der Waals surface area contributed by atoms with Gasteiger partial charge in [0.05, 0.1) is 24.0 Å². The number of nitrogens with zero attached hydrogens (tertiary/aromatic N) is 1. The van der Waals surface area contributed by atoms with Crippen molar-refractivity contribution in [3.63, 3.8) is 0 Å². The maximum absolute atomic E-state index is 13.2. The number of benzene rings is 3. The summed E-state index contributed by atoms with van der Waals surface area (Å²) >= 11 is 0. The van der Waals surface area contributed by atoms with E-state index < -0.39 is 11.5 Å². The van der Waals surface area contributed by atoms with Crippen LogP contribution in [0.25, 0.3) is 22.1 Å². The van der Waals surface area contributed by atoms with Crippen LogP contribution in [0.1, 0.15) is 29.5 Å². The molecule has 0 saturated heterocycles. The predicted octanol–water partition coefficient (Wildman–Crippen LogP) is 5.25. The molecule has 0 aliphatic carbocycles. The molecule has 1 aliphatic heterocycles. The largest absolute Gasteiger partial charge is 0.496 e. The lowest BCUT2D eigenvalue weighted by atomic mass is 9.82. The highest BCUT2D eigenvalue weighted by Crippen LogP contribution is 2.45. The minimum atomic E-state index is -0.743. The number of hydrogen-bond donors (Lipinski definition) is 1. The number of hydrogen-bond acceptors (Lipinski definition) is 6. The van der Waals surface area contributed by atoms with Gasteiger partial charge in [-0.25, -0.2) is 4.79 Å². The molecular weight excluding hydrogens is 428 g/mol. The first-order valence-electron chi connectivity index (χ1n) is 11.0. The Kier molecular flexibility index (Phi) is 5.31. The lowest BCUT2D eigenvalue weighted by Gasteiger charge is -2.26. The number of methoxy groups -OCH3 is 1. The Labute approximate surface area is 196 Å². The molecule has 1 aliphatic rings. The zero-order valence-corrected chi connectivity index (χ0v) is 18.8. The van der Waals surface area contributed by atoms with Gasteiger partial charge in [0.1, 0.15) is 23.0 Å². The summed E-state index contributed by atoms with van der Waals surface area (Å²) in [6.45, 7) is 2.04. The summed E-state index contributed by atoms with van der Waals surface area (Å²) < 4.78 is 17.1. The average molecular weight is 450 g/mol. The summed E-state index contributed by atoms with van der Waals surface area (Å²) in [7, 11) is 1.61. The topological polar surface area (TPSA) is 98.5 Å². The second-order valence-electron chi connectivity index (χ2n) is 8.07. The van der Waals surface area contributed by atoms with E-state index in [1.54, 1.807) is 13.2 Å². The van der Waals surface area contributed by atoms with Crippen LogP contribution < -0.4 is 20.8 Å². The third-order valence-electron chi connectivity index (χ3n) is 6.18. The van der Waals surface area contributed by atoms with Crippen molar-refractivity contribution >= 4 is 11.0 Å². The van der Waals surface area contributed by atoms with E-state index in [4.69, 9.17) is 19.6 Å². The lowest BCUT2D eigenvalue weighted by Crippen LogP contribution is -2.26. The van der Waals surface area contributed by atoms with Crippen LogP contribution in [0.2, 0.25) is 0 Å². The Balaban J connectivity index is 1.80. The molecule has 168 valence electrons. The maximum atomic E-state index is 13.2. The van der Waals surface area contributed by atoms with Crippen LogP contribution in [0, 0.1) is 11.3 Å². The van der Waals surface area contributed by atoms with E-state index in [1.165, 1.54) is 0 Å². The summed E-state index contributed by atoms with van der Waals surface area (Å²) in [5, 5.41) is 10.6. The molecule has 1 unspecified atom stereocenters. The van der Waals surface area contributed by atoms with Gasteiger partial charge in [-0.2, -0.15) is 5.26 Å². The Hall–Kier alpha value is -4.50. The molecule has 3 aromatic carbocycles. The molecule has 2 N–H and O–H groups in total. The second kappa shape index (κ2) is 8.45. The Morgan fingerprint density at radius 1 is 1.09 bits per heavy atom. The molecule has 0 spiro atoms. The smallest absolute Gasteiger partial charge is 0.344 e. The molecule has 2 heterocycles. The third kappa shape index (κ3) is 3.39. The van der Waals surface area contributed by atoms with E-state index in [0.717, 1.165) is 23.1 Å². The second-order valence-corrected chi connectivity index (χ2v) is 8.07. The van der Waals surface area contributed by atoms with Crippen LogP contribution >= 0.6 is 0 Å². The van der Waals surface area contributed by atoms with Crippen LogP contribution in [0.5, 0.6) is 11.5 Å². The van der Waals surface area contributed by atoms with E-state index in [1.807, 2.05) is 67.6 Å². The van der Waals surface area contributed by atoms with Crippen molar-refractivity contribution in [1.29, 1.82) is 5.26 Å². The SMILES string of the molecule is CCc1ccc2oc(=O)c3c(c2c1)OC(N)=C(C#N)C3c1ccc(OC)c(-c2ccccc2)c1. The summed E-state index contributed by atoms with van der Waals surface area (Å²) in [6, 6.07) is 23.1. The first kappa shape index (κ1) is 21.4. The monoisotopic (exact) mass is 450 g/mol. The molecular formula is C28H22N2O4. The number of allylic oxidation sites excluding steroid dienone is 1. The highest BCUT2D eigenvalue weighted by Gasteiger charge is 2.36. The Bertz CT molecular complexity index is 1540. The van der Waals surface area contributed by atoms with Crippen molar-refractivity contribution in [2.45, 2.75) is 19.3 Å². The van der Waals surface area contributed by atoms with Gasteiger partial charge in [-0.3, -0.25) is 0 Å². The lowest BCUT2D eigenvalue weighted by molar-refractivity contribution is 0.388. The summed E-state index contributed by atoms with van der Waals surface area (Å²) in [6.07, 6.45) is 0.806. The van der Waals surface area contributed by atoms with Gasteiger partial charge in [0.2, 0.25) is 5.88 Å². The molecule has 0 radical (unpaired) electrons. The quantitative estimate of drug-likeness (QED) is 0.427. The summed E-state index contributed by atoms with van der Waals surface area (Å²) in [5.74, 6) is 0.245. The molecule has 0 fully saturated rings. The predicted molar refractivity (Wildman–Crippen MR) is 130 cm³/mol. The van der Waals surface area contributed by atoms with Gasteiger partial charge >= 0.3 is 5.63 Å². The van der Waals surface area contributed by atoms with Crippen molar-refractivity contribution < 1.29 is 13.9 Å². The molecule has 0 saturated carbocycles. The fourth-order valence-corrected chi connectivity index (χ4v) is 4.47. The van der Waals surface area contributed by atoms with Crippen molar-refractivity contribution in [3.05, 3.63) is 105 Å². The number of ether oxygens (including phenoxy) is 2. The van der Waals surface area contributed by atoms with Gasteiger partial charge in [-0.1, -0.05) is 49.4 Å². The van der Waals surface area contributed by atoms with Gasteiger partial charge in [-0.05, 0) is 47.4 Å². The van der Waals surface area contributed by atoms with E-state index in [9.17, 15) is 10.1 Å². The number of fused-ring (bicyclic) bond motifs is 3. The third-order valence-corrected chi connectivity index (χ3v) is 6.18. The van der Waals surface area contributed by atoms with Crippen LogP contribution in [-0.2, 0) is 6.42 Å². The van der Waals surface area contributed by atoms with Crippen LogP contribution in [0.3, 0.4) is 0 Å². The van der Waals surface area contributed by atoms with Crippen molar-refractivity contribution in [1.82, 2.24) is 0 Å². The van der Waals surface area contributed by atoms with E-state index in [2.05, 4.69) is 6.07 Å². The molecule has 1 atom stereocenters. The van der Waals surface area contributed by atoms with E-state index in [-0.39, 0.29) is 17.0 Å². The molecule has 0 amide bonds. The van der Waals surface area contributed by atoms with Gasteiger partial charge in [0.25, 0.3) is 0 Å². The number of aryl methyl sites for hydroxylation is 1. The highest BCUT2D eigenvalue weighted by atomic mass is 16.5. The molecule has 34 heavy (non-hydrogen) atoms. The van der Waals surface area contributed by atoms with Crippen molar-refractivity contribution in [2.24, 2.45) is 5.73 Å². The van der Waals surface area contributed by atoms with E-state index in [0.29, 0.717) is 28.0 Å². The van der Waals surface area contributed by atoms with Gasteiger partial charge in [-0.15, -0.1) is 0 Å². The molecule has 0 bridgehead atoms. The molecule has 5 rings (SSSR count). The molecule has 1 aromatic heterocycles. The Morgan fingerprint density at radius 2 is 1.88 bits per heavy atom. The highest BCUT2D eigenvalue weighted by molar-refractivity contribution is 5.87. The minimum Gasteiger partial charge on any atom is -0.496 e. The number of nitriles is 1. The number of rotatable bonds is 4. The zero-order valence-electron chi connectivity index (χ0n) is 18.8. The van der Waals surface area contributed by atoms with E-state index >= 15 is 0 Å². The van der Waals surface area contributed by atoms with Crippen LogP contribution in [-0.4, -0.2) is 7.11 Å². The van der Waals surface area contributed by atoms with Gasteiger partial charge in [0, 0.05) is 5.56 Å². The zero-order chi connectivity index (χ0) is 23.8.